The lowest BCUT2D eigenvalue weighted by molar-refractivity contribution is -0.138. The fraction of sp³-hybridized carbons (Fsp3) is 0.636. The van der Waals surface area contributed by atoms with Crippen LogP contribution in [-0.2, 0) is 9.59 Å². The Hall–Kier alpha value is -1.36. The SMILES string of the molecule is C=CCNC(=O)CN(CC(=O)O)CC1CC1. The maximum atomic E-state index is 11.4. The van der Waals surface area contributed by atoms with Gasteiger partial charge in [0, 0.05) is 13.1 Å². The van der Waals surface area contributed by atoms with Gasteiger partial charge in [-0.2, -0.15) is 0 Å². The summed E-state index contributed by atoms with van der Waals surface area (Å²) in [6, 6.07) is 0. The van der Waals surface area contributed by atoms with Crippen LogP contribution in [0.5, 0.6) is 0 Å². The van der Waals surface area contributed by atoms with Crippen molar-refractivity contribution < 1.29 is 14.7 Å². The van der Waals surface area contributed by atoms with E-state index in [9.17, 15) is 9.59 Å². The molecule has 0 saturated heterocycles. The van der Waals surface area contributed by atoms with E-state index >= 15 is 0 Å². The number of carboxylic acids is 1. The number of hydrogen-bond donors (Lipinski definition) is 2. The van der Waals surface area contributed by atoms with Crippen molar-refractivity contribution in [2.45, 2.75) is 12.8 Å². The lowest BCUT2D eigenvalue weighted by Crippen LogP contribution is -2.40. The summed E-state index contributed by atoms with van der Waals surface area (Å²) in [5.74, 6) is -0.467. The number of amides is 1. The Balaban J connectivity index is 2.31. The number of nitrogens with zero attached hydrogens (tertiary/aromatic N) is 1. The Kier molecular flexibility index (Phi) is 4.98. The van der Waals surface area contributed by atoms with Gasteiger partial charge in [0.05, 0.1) is 13.1 Å². The molecule has 5 heteroatoms. The smallest absolute Gasteiger partial charge is 0.317 e. The topological polar surface area (TPSA) is 69.6 Å². The number of carbonyl (C=O) groups is 2. The molecule has 1 fully saturated rings. The third-order valence-electron chi connectivity index (χ3n) is 2.38. The molecule has 5 nitrogen and oxygen atoms in total. The molecule has 1 saturated carbocycles. The zero-order chi connectivity index (χ0) is 12.0. The molecule has 0 heterocycles. The first-order chi connectivity index (χ1) is 7.61. The van der Waals surface area contributed by atoms with E-state index in [1.54, 1.807) is 11.0 Å². The van der Waals surface area contributed by atoms with E-state index in [2.05, 4.69) is 11.9 Å². The Bertz CT molecular complexity index is 274. The molecule has 0 spiro atoms. The summed E-state index contributed by atoms with van der Waals surface area (Å²) >= 11 is 0. The standard InChI is InChI=1S/C11H18N2O3/c1-2-5-12-10(14)7-13(8-11(15)16)6-9-3-4-9/h2,9H,1,3-8H2,(H,12,14)(H,15,16). The quantitative estimate of drug-likeness (QED) is 0.575. The van der Waals surface area contributed by atoms with Crippen LogP contribution in [0, 0.1) is 5.92 Å². The zero-order valence-corrected chi connectivity index (χ0v) is 9.32. The highest BCUT2D eigenvalue weighted by atomic mass is 16.4. The Morgan fingerprint density at radius 3 is 2.62 bits per heavy atom. The fourth-order valence-corrected chi connectivity index (χ4v) is 1.49. The molecule has 0 bridgehead atoms. The van der Waals surface area contributed by atoms with Crippen molar-refractivity contribution in [1.82, 2.24) is 10.2 Å². The summed E-state index contributed by atoms with van der Waals surface area (Å²) in [5.41, 5.74) is 0. The van der Waals surface area contributed by atoms with Crippen molar-refractivity contribution in [2.24, 2.45) is 5.92 Å². The molecule has 2 N–H and O–H groups in total. The van der Waals surface area contributed by atoms with Crippen LogP contribution in [0.1, 0.15) is 12.8 Å². The molecule has 1 rings (SSSR count). The average Bonchev–Trinajstić information content (AvgIpc) is 2.97. The minimum atomic E-state index is -0.892. The number of hydrogen-bond acceptors (Lipinski definition) is 3. The summed E-state index contributed by atoms with van der Waals surface area (Å²) < 4.78 is 0. The van der Waals surface area contributed by atoms with E-state index in [0.717, 1.165) is 12.8 Å². The second-order valence-electron chi connectivity index (χ2n) is 4.10. The van der Waals surface area contributed by atoms with Gasteiger partial charge < -0.3 is 10.4 Å². The second kappa shape index (κ2) is 6.27. The first-order valence-corrected chi connectivity index (χ1v) is 5.43. The molecule has 90 valence electrons. The highest BCUT2D eigenvalue weighted by molar-refractivity contribution is 5.79. The van der Waals surface area contributed by atoms with Gasteiger partial charge in [-0.15, -0.1) is 6.58 Å². The Labute approximate surface area is 95.1 Å². The first kappa shape index (κ1) is 12.7. The van der Waals surface area contributed by atoms with Gasteiger partial charge in [0.1, 0.15) is 0 Å². The summed E-state index contributed by atoms with van der Waals surface area (Å²) in [5, 5.41) is 11.4. The monoisotopic (exact) mass is 226 g/mol. The van der Waals surface area contributed by atoms with Crippen LogP contribution in [0.4, 0.5) is 0 Å². The third-order valence-corrected chi connectivity index (χ3v) is 2.38. The van der Waals surface area contributed by atoms with Gasteiger partial charge in [0.2, 0.25) is 5.91 Å². The van der Waals surface area contributed by atoms with Gasteiger partial charge >= 0.3 is 5.97 Å². The van der Waals surface area contributed by atoms with Crippen molar-refractivity contribution in [3.8, 4) is 0 Å². The largest absolute Gasteiger partial charge is 0.480 e. The molecule has 0 aromatic rings. The summed E-state index contributed by atoms with van der Waals surface area (Å²) in [4.78, 5) is 23.7. The number of rotatable bonds is 8. The van der Waals surface area contributed by atoms with E-state index < -0.39 is 5.97 Å². The zero-order valence-electron chi connectivity index (χ0n) is 9.32. The van der Waals surface area contributed by atoms with Crippen molar-refractivity contribution in [3.63, 3.8) is 0 Å². The molecule has 1 aliphatic carbocycles. The molecular weight excluding hydrogens is 208 g/mol. The van der Waals surface area contributed by atoms with Gasteiger partial charge in [-0.3, -0.25) is 14.5 Å². The van der Waals surface area contributed by atoms with E-state index in [-0.39, 0.29) is 19.0 Å². The van der Waals surface area contributed by atoms with Crippen LogP contribution >= 0.6 is 0 Å². The molecule has 0 aromatic carbocycles. The number of nitrogens with one attached hydrogen (secondary N) is 1. The lowest BCUT2D eigenvalue weighted by atomic mass is 10.3. The minimum absolute atomic E-state index is 0.0714. The van der Waals surface area contributed by atoms with Gasteiger partial charge in [0.15, 0.2) is 0 Å². The van der Waals surface area contributed by atoms with E-state index in [0.29, 0.717) is 19.0 Å². The molecular formula is C11H18N2O3. The predicted octanol–water partition coefficient (Wildman–Crippen LogP) is 0.0852. The Morgan fingerprint density at radius 2 is 2.12 bits per heavy atom. The van der Waals surface area contributed by atoms with Crippen molar-refractivity contribution in [1.29, 1.82) is 0 Å². The molecule has 0 aromatic heterocycles. The number of carboxylic acid groups (broad SMARTS) is 1. The molecule has 1 aliphatic rings. The average molecular weight is 226 g/mol. The van der Waals surface area contributed by atoms with Crippen LogP contribution in [0.2, 0.25) is 0 Å². The molecule has 0 radical (unpaired) electrons. The highest BCUT2D eigenvalue weighted by Crippen LogP contribution is 2.29. The Morgan fingerprint density at radius 1 is 1.44 bits per heavy atom. The second-order valence-corrected chi connectivity index (χ2v) is 4.10. The third kappa shape index (κ3) is 5.50. The van der Waals surface area contributed by atoms with Crippen molar-refractivity contribution in [3.05, 3.63) is 12.7 Å². The predicted molar refractivity (Wildman–Crippen MR) is 60.0 cm³/mol. The van der Waals surface area contributed by atoms with Crippen LogP contribution in [0.3, 0.4) is 0 Å². The van der Waals surface area contributed by atoms with Crippen molar-refractivity contribution in [2.75, 3.05) is 26.2 Å². The van der Waals surface area contributed by atoms with Crippen molar-refractivity contribution >= 4 is 11.9 Å². The molecule has 0 aliphatic heterocycles. The lowest BCUT2D eigenvalue weighted by Gasteiger charge is -2.19. The molecule has 0 atom stereocenters. The maximum absolute atomic E-state index is 11.4. The normalized spacial score (nSPS) is 14.8. The minimum Gasteiger partial charge on any atom is -0.480 e. The maximum Gasteiger partial charge on any atom is 0.317 e. The molecule has 0 unspecified atom stereocenters. The highest BCUT2D eigenvalue weighted by Gasteiger charge is 2.26. The fourth-order valence-electron chi connectivity index (χ4n) is 1.49. The van der Waals surface area contributed by atoms with Crippen LogP contribution in [0.15, 0.2) is 12.7 Å². The first-order valence-electron chi connectivity index (χ1n) is 5.43. The van der Waals surface area contributed by atoms with Crippen LogP contribution in [-0.4, -0.2) is 48.1 Å². The number of carbonyl (C=O) groups excluding carboxylic acids is 1. The molecule has 16 heavy (non-hydrogen) atoms. The van der Waals surface area contributed by atoms with E-state index in [4.69, 9.17) is 5.11 Å². The van der Waals surface area contributed by atoms with E-state index in [1.165, 1.54) is 0 Å². The summed E-state index contributed by atoms with van der Waals surface area (Å²) in [6.07, 6.45) is 3.88. The van der Waals surface area contributed by atoms with Gasteiger partial charge in [-0.25, -0.2) is 0 Å². The van der Waals surface area contributed by atoms with E-state index in [1.807, 2.05) is 0 Å². The van der Waals surface area contributed by atoms with Gasteiger partial charge in [0.25, 0.3) is 0 Å². The van der Waals surface area contributed by atoms with Gasteiger partial charge in [-0.05, 0) is 18.8 Å². The van der Waals surface area contributed by atoms with Crippen LogP contribution < -0.4 is 5.32 Å². The summed E-state index contributed by atoms with van der Waals surface area (Å²) in [6.45, 7) is 4.70. The van der Waals surface area contributed by atoms with Gasteiger partial charge in [-0.1, -0.05) is 6.08 Å². The summed E-state index contributed by atoms with van der Waals surface area (Å²) in [7, 11) is 0. The molecule has 1 amide bonds. The number of aliphatic carboxylic acids is 1. The van der Waals surface area contributed by atoms with Crippen LogP contribution in [0.25, 0.3) is 0 Å².